The van der Waals surface area contributed by atoms with E-state index in [1.807, 2.05) is 9.13 Å². The summed E-state index contributed by atoms with van der Waals surface area (Å²) in [7, 11) is 6.22. The highest BCUT2D eigenvalue weighted by Crippen LogP contribution is 2.38. The normalized spacial score (nSPS) is 23.6. The molecule has 0 atom stereocenters. The van der Waals surface area contributed by atoms with Gasteiger partial charge in [-0.15, -0.1) is 0 Å². The average molecular weight is 219 g/mol. The molecule has 16 heavy (non-hydrogen) atoms. The molecule has 0 amide bonds. The van der Waals surface area contributed by atoms with E-state index in [0.717, 1.165) is 17.5 Å². The Morgan fingerprint density at radius 1 is 1.19 bits per heavy atom. The lowest BCUT2D eigenvalue weighted by Crippen LogP contribution is -2.62. The van der Waals surface area contributed by atoms with Crippen molar-refractivity contribution < 1.29 is 14.0 Å². The first-order valence-electron chi connectivity index (χ1n) is 5.57. The summed E-state index contributed by atoms with van der Waals surface area (Å²) in [5.74, 6) is 1.54. The van der Waals surface area contributed by atoms with Crippen LogP contribution in [0.25, 0.3) is 0 Å². The molecule has 0 spiro atoms. The molecule has 3 rings (SSSR count). The lowest BCUT2D eigenvalue weighted by Gasteiger charge is -2.23. The maximum absolute atomic E-state index is 6.22. The molecule has 0 saturated heterocycles. The lowest BCUT2D eigenvalue weighted by atomic mass is 10.0. The van der Waals surface area contributed by atoms with Crippen LogP contribution in [0.3, 0.4) is 0 Å². The van der Waals surface area contributed by atoms with Crippen molar-refractivity contribution in [3.8, 4) is 11.8 Å². The number of fused-ring (bicyclic) bond motifs is 3. The molecule has 85 valence electrons. The standard InChI is InChI=1S/C11H16BN2O2/c1-10(2)5-15-7-8-14(9(12)13(7)10)11(3,4)6-16-8/h5-6H2,1-4H3. The Balaban J connectivity index is 2.29. The first kappa shape index (κ1) is 10.1. The number of hydrogen-bond acceptors (Lipinski definition) is 2. The van der Waals surface area contributed by atoms with E-state index in [1.54, 1.807) is 0 Å². The van der Waals surface area contributed by atoms with E-state index in [2.05, 4.69) is 27.7 Å². The number of rotatable bonds is 0. The number of ether oxygens (including phenoxy) is 2. The summed E-state index contributed by atoms with van der Waals surface area (Å²) >= 11 is 0. The Kier molecular flexibility index (Phi) is 1.62. The Bertz CT molecular complexity index is 435. The molecular formula is C11H16BN2O2. The molecule has 0 fully saturated rings. The largest absolute Gasteiger partial charge is 0.458 e. The summed E-state index contributed by atoms with van der Waals surface area (Å²) in [6, 6.07) is 0. The number of aromatic nitrogens is 2. The Morgan fingerprint density at radius 2 is 1.88 bits per heavy atom. The average Bonchev–Trinajstić information content (AvgIpc) is 2.71. The molecule has 1 aromatic heterocycles. The van der Waals surface area contributed by atoms with Crippen LogP contribution in [-0.2, 0) is 11.1 Å². The molecule has 0 aliphatic carbocycles. The fraction of sp³-hybridized carbons (Fsp3) is 0.727. The first-order valence-corrected chi connectivity index (χ1v) is 5.57. The molecule has 1 aromatic rings. The van der Waals surface area contributed by atoms with Crippen LogP contribution >= 0.6 is 0 Å². The topological polar surface area (TPSA) is 27.3 Å². The predicted octanol–water partition coefficient (Wildman–Crippen LogP) is -0.176. The highest BCUT2D eigenvalue weighted by Gasteiger charge is 2.49. The molecular weight excluding hydrogens is 203 g/mol. The van der Waals surface area contributed by atoms with Crippen LogP contribution in [0.4, 0.5) is 0 Å². The summed E-state index contributed by atoms with van der Waals surface area (Å²) in [6.45, 7) is 9.74. The molecule has 0 saturated carbocycles. The number of nitrogens with zero attached hydrogens (tertiary/aromatic N) is 2. The van der Waals surface area contributed by atoms with Crippen molar-refractivity contribution in [2.45, 2.75) is 38.8 Å². The van der Waals surface area contributed by atoms with Gasteiger partial charge >= 0.3 is 11.8 Å². The van der Waals surface area contributed by atoms with Gasteiger partial charge in [-0.1, -0.05) is 0 Å². The summed E-state index contributed by atoms with van der Waals surface area (Å²) in [5, 5.41) is 0. The predicted molar refractivity (Wildman–Crippen MR) is 59.6 cm³/mol. The van der Waals surface area contributed by atoms with Crippen LogP contribution in [0, 0.1) is 0 Å². The summed E-state index contributed by atoms with van der Waals surface area (Å²) in [5.41, 5.74) is 0.516. The fourth-order valence-corrected chi connectivity index (χ4v) is 2.54. The molecule has 3 radical (unpaired) electrons. The second kappa shape index (κ2) is 2.58. The van der Waals surface area contributed by atoms with E-state index < -0.39 is 0 Å². The van der Waals surface area contributed by atoms with Gasteiger partial charge in [0.05, 0.1) is 0 Å². The maximum Gasteiger partial charge on any atom is 0.370 e. The van der Waals surface area contributed by atoms with Crippen LogP contribution in [-0.4, -0.2) is 25.6 Å². The van der Waals surface area contributed by atoms with E-state index in [0.29, 0.717) is 13.2 Å². The van der Waals surface area contributed by atoms with Gasteiger partial charge in [0.25, 0.3) is 0 Å². The van der Waals surface area contributed by atoms with Crippen LogP contribution in [0.15, 0.2) is 0 Å². The molecule has 2 aliphatic rings. The summed E-state index contributed by atoms with van der Waals surface area (Å²) in [4.78, 5) is 0. The highest BCUT2D eigenvalue weighted by molar-refractivity contribution is 6.28. The van der Waals surface area contributed by atoms with E-state index in [1.165, 1.54) is 0 Å². The quantitative estimate of drug-likeness (QED) is 0.447. The van der Waals surface area contributed by atoms with E-state index >= 15 is 0 Å². The third-order valence-corrected chi connectivity index (χ3v) is 3.38. The molecule has 3 heterocycles. The minimum atomic E-state index is -0.101. The summed E-state index contributed by atoms with van der Waals surface area (Å²) in [6.07, 6.45) is 0. The molecule has 0 aromatic carbocycles. The minimum Gasteiger partial charge on any atom is -0.458 e. The smallest absolute Gasteiger partial charge is 0.370 e. The zero-order valence-electron chi connectivity index (χ0n) is 10.2. The Hall–Kier alpha value is -1.13. The van der Waals surface area contributed by atoms with Crippen LogP contribution in [0.5, 0.6) is 11.8 Å². The Labute approximate surface area is 96.6 Å². The van der Waals surface area contributed by atoms with E-state index in [4.69, 9.17) is 17.3 Å². The monoisotopic (exact) mass is 219 g/mol. The van der Waals surface area contributed by atoms with Crippen molar-refractivity contribution in [3.05, 3.63) is 0 Å². The van der Waals surface area contributed by atoms with Crippen molar-refractivity contribution in [3.63, 3.8) is 0 Å². The molecule has 5 heteroatoms. The van der Waals surface area contributed by atoms with Crippen LogP contribution < -0.4 is 19.8 Å². The molecule has 0 N–H and O–H groups in total. The van der Waals surface area contributed by atoms with E-state index in [-0.39, 0.29) is 11.1 Å². The van der Waals surface area contributed by atoms with Crippen molar-refractivity contribution in [2.24, 2.45) is 0 Å². The van der Waals surface area contributed by atoms with Gasteiger partial charge in [-0.2, -0.15) is 0 Å². The van der Waals surface area contributed by atoms with Crippen molar-refractivity contribution >= 4 is 13.6 Å². The van der Waals surface area contributed by atoms with Gasteiger partial charge in [0.15, 0.2) is 0 Å². The van der Waals surface area contributed by atoms with Gasteiger partial charge in [-0.3, -0.25) is 0 Å². The van der Waals surface area contributed by atoms with Crippen LogP contribution in [0.2, 0.25) is 0 Å². The highest BCUT2D eigenvalue weighted by atomic mass is 16.5. The second-order valence-electron chi connectivity index (χ2n) is 5.84. The first-order chi connectivity index (χ1) is 7.34. The zero-order valence-corrected chi connectivity index (χ0v) is 10.2. The third kappa shape index (κ3) is 0.988. The second-order valence-corrected chi connectivity index (χ2v) is 5.84. The van der Waals surface area contributed by atoms with Crippen molar-refractivity contribution in [1.29, 1.82) is 0 Å². The van der Waals surface area contributed by atoms with Gasteiger partial charge in [-0.05, 0) is 33.4 Å². The van der Waals surface area contributed by atoms with Gasteiger partial charge in [0, 0.05) is 0 Å². The minimum absolute atomic E-state index is 0.101. The summed E-state index contributed by atoms with van der Waals surface area (Å²) < 4.78 is 15.5. The lowest BCUT2D eigenvalue weighted by molar-refractivity contribution is -0.722. The fourth-order valence-electron chi connectivity index (χ4n) is 2.54. The van der Waals surface area contributed by atoms with E-state index in [9.17, 15) is 0 Å². The Morgan fingerprint density at radius 3 is 2.56 bits per heavy atom. The van der Waals surface area contributed by atoms with Gasteiger partial charge in [0.2, 0.25) is 0 Å². The van der Waals surface area contributed by atoms with Crippen molar-refractivity contribution in [2.75, 3.05) is 13.2 Å². The zero-order chi connectivity index (χ0) is 11.7. The maximum atomic E-state index is 6.22. The number of imidazole rings is 1. The molecule has 0 bridgehead atoms. The van der Waals surface area contributed by atoms with Gasteiger partial charge < -0.3 is 17.3 Å². The molecule has 2 aliphatic heterocycles. The molecule has 4 nitrogen and oxygen atoms in total. The number of hydrogen-bond donors (Lipinski definition) is 0. The van der Waals surface area contributed by atoms with Crippen molar-refractivity contribution in [1.82, 2.24) is 4.57 Å². The van der Waals surface area contributed by atoms with Gasteiger partial charge in [-0.25, -0.2) is 9.13 Å². The van der Waals surface area contributed by atoms with Crippen LogP contribution in [0.1, 0.15) is 27.7 Å². The third-order valence-electron chi connectivity index (χ3n) is 3.38. The van der Waals surface area contributed by atoms with Gasteiger partial charge in [0.1, 0.15) is 24.3 Å². The SMILES string of the molecule is [B-]c1n2c(c3[n+]1C(C)(C)CO3)OCC2(C)C. The molecule has 0 unspecified atom stereocenters.